The topological polar surface area (TPSA) is 45.8 Å². The zero-order chi connectivity index (χ0) is 9.14. The van der Waals surface area contributed by atoms with Gasteiger partial charge in [-0.15, -0.1) is 0 Å². The standard InChI is InChI=1S/C8H11ClN2O/c1-3-4-6-10-7(5(2)12)8(9)11-6/h3-4H2,1-2H3,(H,10,11). The van der Waals surface area contributed by atoms with Crippen LogP contribution in [0.2, 0.25) is 5.15 Å². The molecule has 0 aliphatic rings. The molecule has 1 N–H and O–H groups in total. The molecule has 0 amide bonds. The van der Waals surface area contributed by atoms with E-state index in [1.807, 2.05) is 6.92 Å². The number of carbonyl (C=O) groups is 1. The first-order chi connectivity index (χ1) is 5.65. The van der Waals surface area contributed by atoms with Crippen molar-refractivity contribution in [3.63, 3.8) is 0 Å². The van der Waals surface area contributed by atoms with E-state index in [0.29, 0.717) is 10.8 Å². The van der Waals surface area contributed by atoms with E-state index >= 15 is 0 Å². The molecule has 1 aromatic rings. The number of aryl methyl sites for hydroxylation is 1. The molecule has 66 valence electrons. The fraction of sp³-hybridized carbons (Fsp3) is 0.500. The first kappa shape index (κ1) is 9.26. The van der Waals surface area contributed by atoms with Gasteiger partial charge < -0.3 is 4.98 Å². The highest BCUT2D eigenvalue weighted by molar-refractivity contribution is 6.32. The Balaban J connectivity index is 2.92. The highest BCUT2D eigenvalue weighted by atomic mass is 35.5. The Morgan fingerprint density at radius 2 is 2.33 bits per heavy atom. The van der Waals surface area contributed by atoms with Gasteiger partial charge >= 0.3 is 0 Å². The number of imidazole rings is 1. The molecule has 0 saturated carbocycles. The van der Waals surface area contributed by atoms with Gasteiger partial charge in [-0.3, -0.25) is 4.79 Å². The van der Waals surface area contributed by atoms with Gasteiger partial charge in [0.25, 0.3) is 0 Å². The number of hydrogen-bond acceptors (Lipinski definition) is 2. The van der Waals surface area contributed by atoms with Crippen LogP contribution in [0, 0.1) is 0 Å². The molecule has 0 unspecified atom stereocenters. The second kappa shape index (κ2) is 3.72. The Bertz CT molecular complexity index is 293. The summed E-state index contributed by atoms with van der Waals surface area (Å²) in [6.07, 6.45) is 1.81. The third-order valence-electron chi connectivity index (χ3n) is 1.53. The number of aromatic nitrogens is 2. The third kappa shape index (κ3) is 1.85. The van der Waals surface area contributed by atoms with Crippen LogP contribution in [0.1, 0.15) is 36.6 Å². The average Bonchev–Trinajstić information content (AvgIpc) is 2.32. The van der Waals surface area contributed by atoms with E-state index in [0.717, 1.165) is 18.7 Å². The monoisotopic (exact) mass is 186 g/mol. The van der Waals surface area contributed by atoms with E-state index in [-0.39, 0.29) is 5.78 Å². The molecule has 0 fully saturated rings. The van der Waals surface area contributed by atoms with Crippen LogP contribution < -0.4 is 0 Å². The van der Waals surface area contributed by atoms with Crippen LogP contribution >= 0.6 is 11.6 Å². The summed E-state index contributed by atoms with van der Waals surface area (Å²) in [6, 6.07) is 0. The van der Waals surface area contributed by atoms with Crippen molar-refractivity contribution in [1.29, 1.82) is 0 Å². The largest absolute Gasteiger partial charge is 0.332 e. The van der Waals surface area contributed by atoms with Gasteiger partial charge in [0.1, 0.15) is 16.7 Å². The minimum atomic E-state index is -0.0985. The van der Waals surface area contributed by atoms with Crippen molar-refractivity contribution in [3.8, 4) is 0 Å². The minimum Gasteiger partial charge on any atom is -0.332 e. The van der Waals surface area contributed by atoms with E-state index in [4.69, 9.17) is 11.6 Å². The van der Waals surface area contributed by atoms with E-state index in [1.165, 1.54) is 6.92 Å². The maximum atomic E-state index is 10.9. The molecule has 0 aromatic carbocycles. The Morgan fingerprint density at radius 3 is 2.75 bits per heavy atom. The van der Waals surface area contributed by atoms with E-state index in [2.05, 4.69) is 9.97 Å². The minimum absolute atomic E-state index is 0.0985. The van der Waals surface area contributed by atoms with Gasteiger partial charge in [-0.1, -0.05) is 18.5 Å². The smallest absolute Gasteiger partial charge is 0.181 e. The van der Waals surface area contributed by atoms with Crippen LogP contribution in [-0.2, 0) is 6.42 Å². The zero-order valence-corrected chi connectivity index (χ0v) is 7.90. The number of rotatable bonds is 3. The summed E-state index contributed by atoms with van der Waals surface area (Å²) in [4.78, 5) is 17.8. The lowest BCUT2D eigenvalue weighted by Gasteiger charge is -1.87. The summed E-state index contributed by atoms with van der Waals surface area (Å²) in [5.41, 5.74) is 0.347. The van der Waals surface area contributed by atoms with Crippen LogP contribution in [0.5, 0.6) is 0 Å². The second-order valence-corrected chi connectivity index (χ2v) is 3.03. The molecule has 12 heavy (non-hydrogen) atoms. The molecule has 0 spiro atoms. The first-order valence-electron chi connectivity index (χ1n) is 3.90. The van der Waals surface area contributed by atoms with Crippen molar-refractivity contribution in [2.75, 3.05) is 0 Å². The van der Waals surface area contributed by atoms with Crippen LogP contribution in [0.15, 0.2) is 0 Å². The quantitative estimate of drug-likeness (QED) is 0.736. The summed E-state index contributed by atoms with van der Waals surface area (Å²) in [5, 5.41) is 0.353. The summed E-state index contributed by atoms with van der Waals surface area (Å²) in [6.45, 7) is 3.50. The molecule has 4 heteroatoms. The van der Waals surface area contributed by atoms with Gasteiger partial charge in [-0.05, 0) is 6.42 Å². The molecular formula is C8H11ClN2O. The number of ketones is 1. The maximum Gasteiger partial charge on any atom is 0.181 e. The lowest BCUT2D eigenvalue weighted by atomic mass is 10.3. The molecule has 1 aromatic heterocycles. The Labute approximate surface area is 76.1 Å². The fourth-order valence-corrected chi connectivity index (χ4v) is 1.27. The summed E-state index contributed by atoms with van der Waals surface area (Å²) in [5.74, 6) is 0.686. The Kier molecular flexibility index (Phi) is 2.87. The number of nitrogens with zero attached hydrogens (tertiary/aromatic N) is 1. The predicted octanol–water partition coefficient (Wildman–Crippen LogP) is 2.22. The number of carbonyl (C=O) groups excluding carboxylic acids is 1. The highest BCUT2D eigenvalue weighted by Crippen LogP contribution is 2.13. The predicted molar refractivity (Wildman–Crippen MR) is 47.6 cm³/mol. The van der Waals surface area contributed by atoms with Crippen LogP contribution in [-0.4, -0.2) is 15.8 Å². The third-order valence-corrected chi connectivity index (χ3v) is 1.80. The van der Waals surface area contributed by atoms with Gasteiger partial charge in [-0.2, -0.15) is 0 Å². The number of Topliss-reactive ketones (excluding diaryl/α,β-unsaturated/α-hetero) is 1. The molecule has 0 aliphatic heterocycles. The first-order valence-corrected chi connectivity index (χ1v) is 4.28. The normalized spacial score (nSPS) is 10.2. The summed E-state index contributed by atoms with van der Waals surface area (Å²) >= 11 is 5.74. The van der Waals surface area contributed by atoms with E-state index in [1.54, 1.807) is 0 Å². The van der Waals surface area contributed by atoms with Crippen molar-refractivity contribution in [2.24, 2.45) is 0 Å². The molecule has 1 heterocycles. The molecular weight excluding hydrogens is 176 g/mol. The number of aromatic amines is 1. The molecule has 1 rings (SSSR count). The van der Waals surface area contributed by atoms with Crippen molar-refractivity contribution in [2.45, 2.75) is 26.7 Å². The lowest BCUT2D eigenvalue weighted by Crippen LogP contribution is -1.93. The molecule has 0 atom stereocenters. The lowest BCUT2D eigenvalue weighted by molar-refractivity contribution is 0.101. The second-order valence-electron chi connectivity index (χ2n) is 2.65. The fourth-order valence-electron chi connectivity index (χ4n) is 0.986. The summed E-state index contributed by atoms with van der Waals surface area (Å²) < 4.78 is 0. The molecule has 0 aliphatic carbocycles. The number of hydrogen-bond donors (Lipinski definition) is 1. The van der Waals surface area contributed by atoms with Crippen LogP contribution in [0.4, 0.5) is 0 Å². The van der Waals surface area contributed by atoms with Gasteiger partial charge in [0.15, 0.2) is 5.78 Å². The molecule has 3 nitrogen and oxygen atoms in total. The number of H-pyrrole nitrogens is 1. The molecule has 0 bridgehead atoms. The van der Waals surface area contributed by atoms with Crippen molar-refractivity contribution >= 4 is 17.4 Å². The van der Waals surface area contributed by atoms with Crippen LogP contribution in [0.3, 0.4) is 0 Å². The van der Waals surface area contributed by atoms with E-state index < -0.39 is 0 Å². The van der Waals surface area contributed by atoms with Crippen molar-refractivity contribution < 1.29 is 4.79 Å². The Hall–Kier alpha value is -0.830. The number of halogens is 1. The van der Waals surface area contributed by atoms with E-state index in [9.17, 15) is 4.79 Å². The van der Waals surface area contributed by atoms with Gasteiger partial charge in [-0.25, -0.2) is 4.98 Å². The van der Waals surface area contributed by atoms with Crippen LogP contribution in [0.25, 0.3) is 0 Å². The zero-order valence-electron chi connectivity index (χ0n) is 7.15. The van der Waals surface area contributed by atoms with Gasteiger partial charge in [0, 0.05) is 13.3 Å². The average molecular weight is 187 g/mol. The molecule has 0 saturated heterocycles. The molecule has 0 radical (unpaired) electrons. The van der Waals surface area contributed by atoms with Crippen molar-refractivity contribution in [3.05, 3.63) is 16.7 Å². The summed E-state index contributed by atoms with van der Waals surface area (Å²) in [7, 11) is 0. The Morgan fingerprint density at radius 1 is 1.67 bits per heavy atom. The van der Waals surface area contributed by atoms with Gasteiger partial charge in [0.05, 0.1) is 0 Å². The number of nitrogens with one attached hydrogen (secondary N) is 1. The SMILES string of the molecule is CCCc1nc(C(C)=O)c(Cl)[nH]1. The van der Waals surface area contributed by atoms with Gasteiger partial charge in [0.2, 0.25) is 0 Å². The van der Waals surface area contributed by atoms with Crippen molar-refractivity contribution in [1.82, 2.24) is 9.97 Å². The maximum absolute atomic E-state index is 10.9. The highest BCUT2D eigenvalue weighted by Gasteiger charge is 2.11.